The molecule has 0 unspecified atom stereocenters. The Bertz CT molecular complexity index is 649. The highest BCUT2D eigenvalue weighted by Gasteiger charge is 2.25. The van der Waals surface area contributed by atoms with Gasteiger partial charge < -0.3 is 14.4 Å². The average molecular weight is 342 g/mol. The Hall–Kier alpha value is -2.06. The second kappa shape index (κ2) is 7.98. The minimum atomic E-state index is -2.98. The van der Waals surface area contributed by atoms with E-state index in [9.17, 15) is 13.6 Å². The molecule has 0 radical (unpaired) electrons. The number of alkyl halides is 2. The Balaban J connectivity index is 2.34. The molecule has 2 rings (SSSR count). The van der Waals surface area contributed by atoms with Gasteiger partial charge in [-0.25, -0.2) is 0 Å². The fraction of sp³-hybridized carbons (Fsp3) is 0.333. The van der Waals surface area contributed by atoms with E-state index in [-0.39, 0.29) is 17.2 Å². The third-order valence-corrected chi connectivity index (χ3v) is 3.99. The van der Waals surface area contributed by atoms with Crippen molar-refractivity contribution in [1.82, 2.24) is 4.98 Å². The van der Waals surface area contributed by atoms with E-state index in [0.29, 0.717) is 17.2 Å². The maximum atomic E-state index is 12.8. The lowest BCUT2D eigenvalue weighted by Crippen LogP contribution is -2.33. The van der Waals surface area contributed by atoms with Crippen LogP contribution in [0.2, 0.25) is 0 Å². The summed E-state index contributed by atoms with van der Waals surface area (Å²) < 4.78 is 34.5. The third-order valence-electron chi connectivity index (χ3n) is 2.97. The molecule has 0 N–H and O–H groups in total. The van der Waals surface area contributed by atoms with Crippen LogP contribution in [0, 0.1) is 6.92 Å². The van der Waals surface area contributed by atoms with Gasteiger partial charge in [0, 0.05) is 36.6 Å². The number of aryl methyl sites for hydroxylation is 1. The molecule has 5 nitrogen and oxygen atoms in total. The summed E-state index contributed by atoms with van der Waals surface area (Å²) in [6.07, 6.45) is 3.11. The van der Waals surface area contributed by atoms with Gasteiger partial charge in [0.1, 0.15) is 10.6 Å². The number of methoxy groups -OCH3 is 1. The molecule has 2 aromatic rings. The Kier molecular flexibility index (Phi) is 6.00. The number of hydrogen-bond donors (Lipinski definition) is 0. The van der Waals surface area contributed by atoms with Crippen molar-refractivity contribution in [1.29, 1.82) is 0 Å². The normalized spacial score (nSPS) is 10.8. The average Bonchev–Trinajstić information content (AvgIpc) is 2.88. The number of halogens is 2. The van der Waals surface area contributed by atoms with E-state index in [1.54, 1.807) is 31.5 Å². The van der Waals surface area contributed by atoms with E-state index in [1.807, 2.05) is 0 Å². The zero-order chi connectivity index (χ0) is 16.8. The molecule has 0 aliphatic carbocycles. The summed E-state index contributed by atoms with van der Waals surface area (Å²) in [5.74, 6) is -0.522. The molecule has 0 fully saturated rings. The molecule has 1 amide bonds. The largest absolute Gasteiger partial charge is 0.433 e. The number of aromatic nitrogens is 1. The number of ether oxygens (including phenoxy) is 2. The van der Waals surface area contributed by atoms with Crippen molar-refractivity contribution in [2.45, 2.75) is 13.5 Å². The minimum absolute atomic E-state index is 0.107. The van der Waals surface area contributed by atoms with E-state index < -0.39 is 12.5 Å². The van der Waals surface area contributed by atoms with E-state index in [2.05, 4.69) is 9.72 Å². The highest BCUT2D eigenvalue weighted by atomic mass is 32.1. The van der Waals surface area contributed by atoms with Crippen LogP contribution in [0.1, 0.15) is 14.5 Å². The number of pyridine rings is 1. The molecule has 23 heavy (non-hydrogen) atoms. The van der Waals surface area contributed by atoms with Crippen molar-refractivity contribution in [2.75, 3.05) is 25.2 Å². The summed E-state index contributed by atoms with van der Waals surface area (Å²) in [7, 11) is 1.52. The lowest BCUT2D eigenvalue weighted by Gasteiger charge is -2.22. The molecule has 0 spiro atoms. The number of carbonyl (C=O) groups is 1. The minimum Gasteiger partial charge on any atom is -0.433 e. The van der Waals surface area contributed by atoms with E-state index in [4.69, 9.17) is 4.74 Å². The van der Waals surface area contributed by atoms with Crippen molar-refractivity contribution in [3.05, 3.63) is 40.3 Å². The van der Waals surface area contributed by atoms with Crippen molar-refractivity contribution >= 4 is 22.9 Å². The molecule has 0 saturated carbocycles. The van der Waals surface area contributed by atoms with Crippen LogP contribution in [-0.4, -0.2) is 37.8 Å². The number of thiophene rings is 1. The number of rotatable bonds is 7. The number of nitrogens with zero attached hydrogens (tertiary/aromatic N) is 2. The summed E-state index contributed by atoms with van der Waals surface area (Å²) in [5.41, 5.74) is 0.608. The molecule has 0 bridgehead atoms. The topological polar surface area (TPSA) is 51.7 Å². The van der Waals surface area contributed by atoms with Gasteiger partial charge in [-0.15, -0.1) is 11.3 Å². The molecular weight excluding hydrogens is 326 g/mol. The van der Waals surface area contributed by atoms with Crippen LogP contribution in [0.15, 0.2) is 30.6 Å². The van der Waals surface area contributed by atoms with Crippen molar-refractivity contribution < 1.29 is 23.0 Å². The summed E-state index contributed by atoms with van der Waals surface area (Å²) in [6.45, 7) is -0.663. The first kappa shape index (κ1) is 17.3. The van der Waals surface area contributed by atoms with Gasteiger partial charge in [-0.3, -0.25) is 9.78 Å². The van der Waals surface area contributed by atoms with Crippen molar-refractivity contribution in [3.63, 3.8) is 0 Å². The lowest BCUT2D eigenvalue weighted by atomic mass is 10.3. The van der Waals surface area contributed by atoms with Crippen LogP contribution in [0.4, 0.5) is 14.5 Å². The maximum Gasteiger partial charge on any atom is 0.387 e. The van der Waals surface area contributed by atoms with Crippen molar-refractivity contribution in [3.8, 4) is 5.75 Å². The molecule has 2 aromatic heterocycles. The molecule has 0 aliphatic heterocycles. The predicted octanol–water partition coefficient (Wildman–Crippen LogP) is 3.35. The van der Waals surface area contributed by atoms with Gasteiger partial charge in [-0.1, -0.05) is 0 Å². The Labute approximate surface area is 136 Å². The fourth-order valence-electron chi connectivity index (χ4n) is 2.00. The SMILES string of the molecule is COCCN(C(=O)c1sc(C)cc1OC(F)F)c1ccncc1. The van der Waals surface area contributed by atoms with E-state index in [1.165, 1.54) is 18.1 Å². The first-order chi connectivity index (χ1) is 11.0. The maximum absolute atomic E-state index is 12.8. The van der Waals surface area contributed by atoms with Gasteiger partial charge in [0.15, 0.2) is 0 Å². The van der Waals surface area contributed by atoms with Gasteiger partial charge in [0.05, 0.1) is 6.61 Å². The number of hydrogen-bond acceptors (Lipinski definition) is 5. The van der Waals surface area contributed by atoms with E-state index >= 15 is 0 Å². The van der Waals surface area contributed by atoms with Gasteiger partial charge in [0.25, 0.3) is 5.91 Å². The predicted molar refractivity (Wildman–Crippen MR) is 83.5 cm³/mol. The third kappa shape index (κ3) is 4.46. The molecule has 0 saturated heterocycles. The van der Waals surface area contributed by atoms with Crippen LogP contribution in [0.3, 0.4) is 0 Å². The van der Waals surface area contributed by atoms with Crippen LogP contribution in [-0.2, 0) is 4.74 Å². The summed E-state index contributed by atoms with van der Waals surface area (Å²) >= 11 is 1.11. The molecule has 124 valence electrons. The van der Waals surface area contributed by atoms with E-state index in [0.717, 1.165) is 11.3 Å². The standard InChI is InChI=1S/C15H16F2N2O3S/c1-10-9-12(22-15(16)17)13(23-10)14(20)19(7-8-21-2)11-3-5-18-6-4-11/h3-6,9,15H,7-8H2,1-2H3. The van der Waals surface area contributed by atoms with Crippen molar-refractivity contribution in [2.24, 2.45) is 0 Å². The molecule has 8 heteroatoms. The molecule has 0 atom stereocenters. The molecule has 0 aliphatic rings. The van der Waals surface area contributed by atoms with Crippen LogP contribution in [0.5, 0.6) is 5.75 Å². The second-order valence-corrected chi connectivity index (χ2v) is 5.84. The summed E-state index contributed by atoms with van der Waals surface area (Å²) in [6, 6.07) is 4.77. The summed E-state index contributed by atoms with van der Waals surface area (Å²) in [5, 5.41) is 0. The molecule has 0 aromatic carbocycles. The lowest BCUT2D eigenvalue weighted by molar-refractivity contribution is -0.0498. The second-order valence-electron chi connectivity index (χ2n) is 4.58. The Morgan fingerprint density at radius 1 is 1.39 bits per heavy atom. The van der Waals surface area contributed by atoms with Gasteiger partial charge >= 0.3 is 6.61 Å². The quantitative estimate of drug-likeness (QED) is 0.774. The number of anilines is 1. The monoisotopic (exact) mass is 342 g/mol. The van der Waals surface area contributed by atoms with Gasteiger partial charge in [-0.05, 0) is 25.1 Å². The van der Waals surface area contributed by atoms with Gasteiger partial charge in [0.2, 0.25) is 0 Å². The molecule has 2 heterocycles. The Morgan fingerprint density at radius 3 is 2.70 bits per heavy atom. The zero-order valence-electron chi connectivity index (χ0n) is 12.7. The zero-order valence-corrected chi connectivity index (χ0v) is 13.5. The van der Waals surface area contributed by atoms with Crippen LogP contribution in [0.25, 0.3) is 0 Å². The number of carbonyl (C=O) groups excluding carboxylic acids is 1. The highest BCUT2D eigenvalue weighted by Crippen LogP contribution is 2.32. The first-order valence-electron chi connectivity index (χ1n) is 6.79. The smallest absolute Gasteiger partial charge is 0.387 e. The summed E-state index contributed by atoms with van der Waals surface area (Å²) in [4.78, 5) is 19.0. The number of amides is 1. The van der Waals surface area contributed by atoms with Gasteiger partial charge in [-0.2, -0.15) is 8.78 Å². The van der Waals surface area contributed by atoms with Crippen LogP contribution < -0.4 is 9.64 Å². The molecular formula is C15H16F2N2O3S. The Morgan fingerprint density at radius 2 is 2.09 bits per heavy atom. The highest BCUT2D eigenvalue weighted by molar-refractivity contribution is 7.14. The fourth-order valence-corrected chi connectivity index (χ4v) is 2.89. The van der Waals surface area contributed by atoms with Crippen LogP contribution >= 0.6 is 11.3 Å². The first-order valence-corrected chi connectivity index (χ1v) is 7.60.